The summed E-state index contributed by atoms with van der Waals surface area (Å²) in [4.78, 5) is 11.2. The highest BCUT2D eigenvalue weighted by molar-refractivity contribution is 8.04. The van der Waals surface area contributed by atoms with Gasteiger partial charge in [-0.25, -0.2) is 0 Å². The van der Waals surface area contributed by atoms with Crippen LogP contribution in [0, 0.1) is 11.2 Å². The maximum atomic E-state index is 11.7. The van der Waals surface area contributed by atoms with Gasteiger partial charge < -0.3 is 0 Å². The molecule has 0 saturated carbocycles. The first-order chi connectivity index (χ1) is 6.99. The van der Waals surface area contributed by atoms with Crippen LogP contribution in [0.3, 0.4) is 0 Å². The van der Waals surface area contributed by atoms with E-state index in [9.17, 15) is 18.0 Å². The number of carbonyl (C=O) groups excluding carboxylic acids is 1. The fourth-order valence-corrected chi connectivity index (χ4v) is 1.05. The van der Waals surface area contributed by atoms with Crippen molar-refractivity contribution in [3.63, 3.8) is 0 Å². The first kappa shape index (κ1) is 11.7. The van der Waals surface area contributed by atoms with Gasteiger partial charge in [-0.3, -0.25) is 4.79 Å². The monoisotopic (exact) mass is 230 g/mol. The molecule has 1 nitrogen and oxygen atoms in total. The Morgan fingerprint density at radius 1 is 1.20 bits per heavy atom. The molecule has 0 aliphatic heterocycles. The van der Waals surface area contributed by atoms with E-state index in [4.69, 9.17) is 0 Å². The molecule has 0 aliphatic carbocycles. The number of hydrogen-bond acceptors (Lipinski definition) is 2. The molecule has 1 rings (SSSR count). The summed E-state index contributed by atoms with van der Waals surface area (Å²) in [6.45, 7) is 0. The second-order valence-corrected chi connectivity index (χ2v) is 3.34. The van der Waals surface area contributed by atoms with Crippen molar-refractivity contribution in [1.29, 1.82) is 0 Å². The molecule has 0 aromatic heterocycles. The molecule has 15 heavy (non-hydrogen) atoms. The van der Waals surface area contributed by atoms with Crippen LogP contribution in [-0.4, -0.2) is 11.3 Å². The van der Waals surface area contributed by atoms with Crippen molar-refractivity contribution in [1.82, 2.24) is 0 Å². The molecule has 0 aliphatic rings. The van der Waals surface area contributed by atoms with Gasteiger partial charge in [-0.2, -0.15) is 13.2 Å². The van der Waals surface area contributed by atoms with E-state index >= 15 is 0 Å². The van der Waals surface area contributed by atoms with Crippen LogP contribution < -0.4 is 0 Å². The summed E-state index contributed by atoms with van der Waals surface area (Å²) in [6, 6.07) is 7.93. The van der Waals surface area contributed by atoms with E-state index in [-0.39, 0.29) is 5.56 Å². The predicted molar refractivity (Wildman–Crippen MR) is 52.2 cm³/mol. The second-order valence-electron chi connectivity index (χ2n) is 2.47. The lowest BCUT2D eigenvalue weighted by molar-refractivity contribution is -0.0318. The second kappa shape index (κ2) is 4.89. The van der Waals surface area contributed by atoms with Crippen molar-refractivity contribution < 1.29 is 18.0 Å². The average Bonchev–Trinajstić information content (AvgIpc) is 2.17. The Bertz CT molecular complexity index is 400. The van der Waals surface area contributed by atoms with Gasteiger partial charge in [0.1, 0.15) is 0 Å². The molecule has 0 atom stereocenters. The molecule has 5 heteroatoms. The van der Waals surface area contributed by atoms with Crippen LogP contribution in [0.5, 0.6) is 0 Å². The molecule has 0 unspecified atom stereocenters. The summed E-state index contributed by atoms with van der Waals surface area (Å²) in [6.07, 6.45) is 0. The number of thioether (sulfide) groups is 1. The highest BCUT2D eigenvalue weighted by Gasteiger charge is 2.27. The third-order valence-electron chi connectivity index (χ3n) is 1.37. The normalized spacial score (nSPS) is 10.3. The van der Waals surface area contributed by atoms with E-state index in [1.54, 1.807) is 23.5 Å². The molecule has 0 bridgehead atoms. The number of benzene rings is 1. The van der Waals surface area contributed by atoms with Gasteiger partial charge in [-0.05, 0) is 11.2 Å². The summed E-state index contributed by atoms with van der Waals surface area (Å²) in [5.41, 5.74) is -4.14. The van der Waals surface area contributed by atoms with Crippen molar-refractivity contribution in [2.24, 2.45) is 0 Å². The van der Waals surface area contributed by atoms with E-state index in [0.29, 0.717) is 0 Å². The Hall–Kier alpha value is -1.41. The first-order valence-corrected chi connectivity index (χ1v) is 4.66. The standard InChI is InChI=1S/C10H5F3OS/c11-10(12,13)15-7-6-9(14)8-4-2-1-3-5-8/h1-5H. The third-order valence-corrected chi connectivity index (χ3v) is 1.80. The van der Waals surface area contributed by atoms with Crippen molar-refractivity contribution >= 4 is 17.5 Å². The van der Waals surface area contributed by atoms with Crippen molar-refractivity contribution in [3.8, 4) is 11.2 Å². The molecule has 0 N–H and O–H groups in total. The van der Waals surface area contributed by atoms with Gasteiger partial charge in [0.05, 0.1) is 0 Å². The summed E-state index contributed by atoms with van der Waals surface area (Å²) < 4.78 is 35.0. The minimum atomic E-state index is -4.43. The van der Waals surface area contributed by atoms with Crippen molar-refractivity contribution in [3.05, 3.63) is 35.9 Å². The number of alkyl halides is 3. The minimum Gasteiger partial charge on any atom is -0.279 e. The molecule has 0 spiro atoms. The number of Topliss-reactive ketones (excluding diaryl/α,β-unsaturated/α-hetero) is 1. The quantitative estimate of drug-likeness (QED) is 0.544. The Balaban J connectivity index is 2.65. The molecule has 0 saturated heterocycles. The molecule has 78 valence electrons. The fourth-order valence-electron chi connectivity index (χ4n) is 0.791. The van der Waals surface area contributed by atoms with Gasteiger partial charge in [0, 0.05) is 17.3 Å². The van der Waals surface area contributed by atoms with Crippen molar-refractivity contribution in [2.75, 3.05) is 0 Å². The summed E-state index contributed by atoms with van der Waals surface area (Å²) in [7, 11) is 0. The van der Waals surface area contributed by atoms with E-state index in [1.165, 1.54) is 12.1 Å². The van der Waals surface area contributed by atoms with Crippen LogP contribution >= 0.6 is 11.8 Å². The van der Waals surface area contributed by atoms with Gasteiger partial charge in [-0.1, -0.05) is 30.3 Å². The maximum absolute atomic E-state index is 11.7. The van der Waals surface area contributed by atoms with Crippen LogP contribution in [0.4, 0.5) is 13.2 Å². The van der Waals surface area contributed by atoms with Gasteiger partial charge in [0.2, 0.25) is 5.78 Å². The molecule has 0 amide bonds. The van der Waals surface area contributed by atoms with Gasteiger partial charge >= 0.3 is 5.51 Å². The van der Waals surface area contributed by atoms with Crippen LogP contribution in [0.1, 0.15) is 10.4 Å². The lowest BCUT2D eigenvalue weighted by atomic mass is 10.1. The number of rotatable bonds is 1. The molecule has 1 aromatic rings. The summed E-state index contributed by atoms with van der Waals surface area (Å²) in [5.74, 6) is 1.29. The Kier molecular flexibility index (Phi) is 3.81. The minimum absolute atomic E-state index is 0.285. The molecule has 0 radical (unpaired) electrons. The zero-order valence-corrected chi connectivity index (χ0v) is 8.15. The molecule has 0 heterocycles. The lowest BCUT2D eigenvalue weighted by Crippen LogP contribution is -1.98. The van der Waals surface area contributed by atoms with Crippen LogP contribution in [0.2, 0.25) is 0 Å². The average molecular weight is 230 g/mol. The smallest absolute Gasteiger partial charge is 0.279 e. The van der Waals surface area contributed by atoms with Crippen LogP contribution in [0.25, 0.3) is 0 Å². The highest BCUT2D eigenvalue weighted by Crippen LogP contribution is 2.28. The Morgan fingerprint density at radius 3 is 2.33 bits per heavy atom. The maximum Gasteiger partial charge on any atom is 0.453 e. The largest absolute Gasteiger partial charge is 0.453 e. The summed E-state index contributed by atoms with van der Waals surface area (Å²) >= 11 is -0.525. The lowest BCUT2D eigenvalue weighted by Gasteiger charge is -1.96. The number of carbonyl (C=O) groups is 1. The topological polar surface area (TPSA) is 17.1 Å². The van der Waals surface area contributed by atoms with Crippen LogP contribution in [0.15, 0.2) is 30.3 Å². The Labute approximate surface area is 88.7 Å². The Morgan fingerprint density at radius 2 is 1.80 bits per heavy atom. The zero-order chi connectivity index (χ0) is 11.3. The number of halogens is 3. The summed E-state index contributed by atoms with van der Waals surface area (Å²) in [5, 5.41) is 1.72. The van der Waals surface area contributed by atoms with Gasteiger partial charge in [0.25, 0.3) is 0 Å². The van der Waals surface area contributed by atoms with Gasteiger partial charge in [-0.15, -0.1) is 0 Å². The third kappa shape index (κ3) is 4.56. The van der Waals surface area contributed by atoms with Gasteiger partial charge in [0.15, 0.2) is 0 Å². The van der Waals surface area contributed by atoms with Crippen LogP contribution in [-0.2, 0) is 0 Å². The first-order valence-electron chi connectivity index (χ1n) is 3.84. The van der Waals surface area contributed by atoms with E-state index in [1.807, 2.05) is 5.92 Å². The number of hydrogen-bond donors (Lipinski definition) is 0. The van der Waals surface area contributed by atoms with Crippen molar-refractivity contribution in [2.45, 2.75) is 5.51 Å². The molecule has 1 aromatic carbocycles. The SMILES string of the molecule is O=C(C#CSC(F)(F)F)c1ccccc1. The zero-order valence-electron chi connectivity index (χ0n) is 7.34. The van der Waals surface area contributed by atoms with E-state index in [0.717, 1.165) is 0 Å². The molecular weight excluding hydrogens is 225 g/mol. The number of ketones is 1. The molecule has 0 fully saturated rings. The fraction of sp³-hybridized carbons (Fsp3) is 0.100. The van der Waals surface area contributed by atoms with E-state index < -0.39 is 23.1 Å². The highest BCUT2D eigenvalue weighted by atomic mass is 32.2. The molecular formula is C10H5F3OS. The predicted octanol–water partition coefficient (Wildman–Crippen LogP) is 3.08. The van der Waals surface area contributed by atoms with E-state index in [2.05, 4.69) is 0 Å².